The van der Waals surface area contributed by atoms with Gasteiger partial charge in [-0.2, -0.15) is 0 Å². The van der Waals surface area contributed by atoms with Crippen LogP contribution in [0.3, 0.4) is 0 Å². The van der Waals surface area contributed by atoms with Gasteiger partial charge in [-0.1, -0.05) is 18.2 Å². The molecule has 1 fully saturated rings. The van der Waals surface area contributed by atoms with Crippen LogP contribution < -0.4 is 5.32 Å². The fraction of sp³-hybridized carbons (Fsp3) is 0.519. The summed E-state index contributed by atoms with van der Waals surface area (Å²) in [6, 6.07) is 0. The number of fused-ring (bicyclic) bond motifs is 1. The molecule has 3 heterocycles. The Labute approximate surface area is 197 Å². The predicted octanol–water partition coefficient (Wildman–Crippen LogP) is 4.73. The van der Waals surface area contributed by atoms with Crippen LogP contribution in [-0.4, -0.2) is 67.5 Å². The van der Waals surface area contributed by atoms with E-state index in [1.807, 2.05) is 0 Å². The maximum absolute atomic E-state index is 8.94. The second kappa shape index (κ2) is 9.64. The number of H-pyrrole nitrogens is 1. The second-order valence-electron chi connectivity index (χ2n) is 9.76. The molecule has 176 valence electrons. The van der Waals surface area contributed by atoms with Crippen LogP contribution in [0.5, 0.6) is 0 Å². The molecule has 33 heavy (non-hydrogen) atoms. The van der Waals surface area contributed by atoms with E-state index in [0.29, 0.717) is 5.92 Å². The Morgan fingerprint density at radius 3 is 2.91 bits per heavy atom. The van der Waals surface area contributed by atoms with Gasteiger partial charge in [-0.3, -0.25) is 5.41 Å². The largest absolute Gasteiger partial charge is 0.496 e. The highest BCUT2D eigenvalue weighted by Crippen LogP contribution is 2.39. The van der Waals surface area contributed by atoms with Crippen molar-refractivity contribution < 1.29 is 4.74 Å². The van der Waals surface area contributed by atoms with Gasteiger partial charge in [0.15, 0.2) is 0 Å². The molecule has 4 aliphatic rings. The molecule has 1 aromatic heterocycles. The quantitative estimate of drug-likeness (QED) is 0.355. The van der Waals surface area contributed by atoms with Gasteiger partial charge in [0, 0.05) is 55.0 Å². The van der Waals surface area contributed by atoms with Crippen molar-refractivity contribution in [3.63, 3.8) is 0 Å². The van der Waals surface area contributed by atoms with Crippen LogP contribution >= 0.6 is 0 Å². The maximum Gasteiger partial charge on any atom is 0.122 e. The monoisotopic (exact) mass is 447 g/mol. The van der Waals surface area contributed by atoms with Gasteiger partial charge in [-0.15, -0.1) is 0 Å². The first kappa shape index (κ1) is 22.1. The summed E-state index contributed by atoms with van der Waals surface area (Å²) < 4.78 is 5.67. The molecule has 2 atom stereocenters. The van der Waals surface area contributed by atoms with Crippen LogP contribution in [0.25, 0.3) is 11.6 Å². The van der Waals surface area contributed by atoms with Crippen LogP contribution in [0.1, 0.15) is 43.2 Å². The van der Waals surface area contributed by atoms with E-state index < -0.39 is 0 Å². The third-order valence-electron chi connectivity index (χ3n) is 7.60. The first-order chi connectivity index (χ1) is 16.1. The normalized spacial score (nSPS) is 25.9. The number of methoxy groups -OCH3 is 1. The zero-order valence-corrected chi connectivity index (χ0v) is 20.0. The van der Waals surface area contributed by atoms with Crippen LogP contribution in [0.4, 0.5) is 5.82 Å². The summed E-state index contributed by atoms with van der Waals surface area (Å²) in [6.45, 7) is 5.01. The number of hydrogen-bond donors (Lipinski definition) is 3. The summed E-state index contributed by atoms with van der Waals surface area (Å²) in [7, 11) is 3.94. The van der Waals surface area contributed by atoms with Gasteiger partial charge in [0.2, 0.25) is 0 Å². The number of amidine groups is 1. The molecular weight excluding hydrogens is 410 g/mol. The molecule has 0 saturated carbocycles. The summed E-state index contributed by atoms with van der Waals surface area (Å²) in [4.78, 5) is 8.12. The lowest BCUT2D eigenvalue weighted by Crippen LogP contribution is -2.39. The topological polar surface area (TPSA) is 67.4 Å². The van der Waals surface area contributed by atoms with Gasteiger partial charge in [-0.25, -0.2) is 0 Å². The van der Waals surface area contributed by atoms with Gasteiger partial charge in [0.25, 0.3) is 0 Å². The predicted molar refractivity (Wildman–Crippen MR) is 136 cm³/mol. The smallest absolute Gasteiger partial charge is 0.122 e. The van der Waals surface area contributed by atoms with E-state index in [1.54, 1.807) is 7.11 Å². The molecule has 2 aliphatic heterocycles. The minimum atomic E-state index is 0.212. The summed E-state index contributed by atoms with van der Waals surface area (Å²) >= 11 is 0. The zero-order chi connectivity index (χ0) is 22.8. The first-order valence-electron chi connectivity index (χ1n) is 12.4. The molecule has 0 spiro atoms. The molecule has 0 aromatic carbocycles. The average molecular weight is 448 g/mol. The molecule has 1 aromatic rings. The molecule has 1 saturated heterocycles. The Balaban J connectivity index is 1.34. The Morgan fingerprint density at radius 2 is 2.03 bits per heavy atom. The lowest BCUT2D eigenvalue weighted by molar-refractivity contribution is 0.308. The van der Waals surface area contributed by atoms with E-state index >= 15 is 0 Å². The average Bonchev–Trinajstić information content (AvgIpc) is 3.16. The molecule has 3 N–H and O–H groups in total. The van der Waals surface area contributed by atoms with Gasteiger partial charge >= 0.3 is 0 Å². The molecule has 0 bridgehead atoms. The molecule has 2 aliphatic carbocycles. The molecule has 6 heteroatoms. The van der Waals surface area contributed by atoms with Crippen molar-refractivity contribution in [3.05, 3.63) is 53.0 Å². The summed E-state index contributed by atoms with van der Waals surface area (Å²) in [5.74, 6) is 3.56. The van der Waals surface area contributed by atoms with Crippen molar-refractivity contribution in [2.24, 2.45) is 11.8 Å². The van der Waals surface area contributed by atoms with Crippen LogP contribution in [0, 0.1) is 17.2 Å². The lowest BCUT2D eigenvalue weighted by Gasteiger charge is -2.33. The Hall–Kier alpha value is -2.73. The number of allylic oxidation sites excluding steroid dienone is 4. The third-order valence-corrected chi connectivity index (χ3v) is 7.60. The second-order valence-corrected chi connectivity index (χ2v) is 9.76. The number of nitrogens with one attached hydrogen (secondary N) is 3. The van der Waals surface area contributed by atoms with Crippen LogP contribution in [0.2, 0.25) is 0 Å². The standard InChI is InChI=1S/C27H37N5O/c1-31-11-6-12-32(14-13-31)26(28)20-8-5-7-19(15-20)21-16-23-24(18-30-27(23)29-17-21)22-9-3-4-10-25(22)33-2/h5,8-10,16,18-20,28-30H,3-4,6-7,11-15,17H2,1-2H3. The number of aromatic nitrogens is 1. The Kier molecular flexibility index (Phi) is 6.45. The van der Waals surface area contributed by atoms with Gasteiger partial charge in [0.1, 0.15) is 17.4 Å². The Morgan fingerprint density at radius 1 is 1.15 bits per heavy atom. The van der Waals surface area contributed by atoms with E-state index in [9.17, 15) is 0 Å². The number of hydrogen-bond acceptors (Lipinski definition) is 4. The van der Waals surface area contributed by atoms with Crippen molar-refractivity contribution in [1.82, 2.24) is 14.8 Å². The molecule has 2 unspecified atom stereocenters. The van der Waals surface area contributed by atoms with Crippen molar-refractivity contribution in [2.45, 2.75) is 32.1 Å². The summed E-state index contributed by atoms with van der Waals surface area (Å²) in [5, 5.41) is 12.6. The van der Waals surface area contributed by atoms with Crippen molar-refractivity contribution in [2.75, 3.05) is 52.2 Å². The SMILES string of the molecule is COC1=CCCC=C1c1c[nH]c2c1C=C(C1CC=CC(C(=N)N3CCCN(C)CC3)C1)CN2. The summed E-state index contributed by atoms with van der Waals surface area (Å²) in [6.07, 6.45) is 18.9. The minimum Gasteiger partial charge on any atom is -0.496 e. The fourth-order valence-electron chi connectivity index (χ4n) is 5.65. The maximum atomic E-state index is 8.94. The summed E-state index contributed by atoms with van der Waals surface area (Å²) in [5.41, 5.74) is 5.09. The van der Waals surface area contributed by atoms with Crippen LogP contribution in [-0.2, 0) is 4.74 Å². The highest BCUT2D eigenvalue weighted by Gasteiger charge is 2.29. The molecule has 0 radical (unpaired) electrons. The van der Waals surface area contributed by atoms with E-state index in [-0.39, 0.29) is 5.92 Å². The number of likely N-dealkylation sites (N-methyl/N-ethyl adjacent to an activating group) is 1. The lowest BCUT2D eigenvalue weighted by atomic mass is 9.79. The molecule has 5 rings (SSSR count). The number of anilines is 1. The van der Waals surface area contributed by atoms with E-state index in [4.69, 9.17) is 10.1 Å². The number of rotatable bonds is 4. The number of ether oxygens (including phenoxy) is 1. The molecule has 0 amide bonds. The van der Waals surface area contributed by atoms with Gasteiger partial charge < -0.3 is 24.8 Å². The van der Waals surface area contributed by atoms with Crippen molar-refractivity contribution in [3.8, 4) is 0 Å². The first-order valence-corrected chi connectivity index (χ1v) is 12.4. The Bertz CT molecular complexity index is 1010. The highest BCUT2D eigenvalue weighted by molar-refractivity contribution is 5.88. The highest BCUT2D eigenvalue weighted by atomic mass is 16.5. The van der Waals surface area contributed by atoms with Crippen molar-refractivity contribution in [1.29, 1.82) is 5.41 Å². The van der Waals surface area contributed by atoms with Gasteiger partial charge in [-0.05, 0) is 69.3 Å². The third kappa shape index (κ3) is 4.54. The number of aromatic amines is 1. The van der Waals surface area contributed by atoms with E-state index in [0.717, 1.165) is 82.2 Å². The fourth-order valence-corrected chi connectivity index (χ4v) is 5.65. The molecule has 6 nitrogen and oxygen atoms in total. The molecular formula is C27H37N5O. The van der Waals surface area contributed by atoms with E-state index in [1.165, 1.54) is 22.3 Å². The van der Waals surface area contributed by atoms with Crippen molar-refractivity contribution >= 4 is 23.3 Å². The van der Waals surface area contributed by atoms with Crippen LogP contribution in [0.15, 0.2) is 41.8 Å². The van der Waals surface area contributed by atoms with E-state index in [2.05, 4.69) is 63.7 Å². The van der Waals surface area contributed by atoms with Gasteiger partial charge in [0.05, 0.1) is 7.11 Å². The minimum absolute atomic E-state index is 0.212. The number of nitrogens with zero attached hydrogens (tertiary/aromatic N) is 2. The zero-order valence-electron chi connectivity index (χ0n) is 20.0.